The lowest BCUT2D eigenvalue weighted by atomic mass is 9.90. The molecule has 7 aromatic carbocycles. The summed E-state index contributed by atoms with van der Waals surface area (Å²) in [5.74, 6) is 0. The van der Waals surface area contributed by atoms with E-state index < -0.39 is 0 Å². The van der Waals surface area contributed by atoms with Crippen LogP contribution in [0.15, 0.2) is 121 Å². The lowest BCUT2D eigenvalue weighted by molar-refractivity contribution is 1.27. The van der Waals surface area contributed by atoms with Gasteiger partial charge < -0.3 is 0 Å². The minimum atomic E-state index is 0.988. The maximum absolute atomic E-state index is 2.42. The van der Waals surface area contributed by atoms with E-state index in [2.05, 4.69) is 121 Å². The fraction of sp³-hybridized carbons (Fsp3) is 0.0286. The van der Waals surface area contributed by atoms with Gasteiger partial charge in [0.2, 0.25) is 0 Å². The number of hydrogen-bond donors (Lipinski definition) is 0. The molecule has 1 aliphatic rings. The molecule has 0 saturated carbocycles. The van der Waals surface area contributed by atoms with E-state index in [1.165, 1.54) is 76.5 Å². The molecule has 7 aromatic rings. The zero-order chi connectivity index (χ0) is 22.9. The van der Waals surface area contributed by atoms with Crippen LogP contribution in [0.25, 0.3) is 65.3 Å². The number of rotatable bonds is 1. The van der Waals surface area contributed by atoms with Crippen LogP contribution in [0.5, 0.6) is 0 Å². The van der Waals surface area contributed by atoms with Crippen molar-refractivity contribution in [3.63, 3.8) is 0 Å². The molecule has 0 unspecified atom stereocenters. The molecule has 0 bridgehead atoms. The van der Waals surface area contributed by atoms with Crippen LogP contribution in [0.1, 0.15) is 11.1 Å². The number of hydrogen-bond acceptors (Lipinski definition) is 0. The van der Waals surface area contributed by atoms with Crippen LogP contribution in [0.2, 0.25) is 0 Å². The lowest BCUT2D eigenvalue weighted by Crippen LogP contribution is -1.89. The minimum Gasteiger partial charge on any atom is -0.0616 e. The van der Waals surface area contributed by atoms with Crippen LogP contribution in [0.3, 0.4) is 0 Å². The van der Waals surface area contributed by atoms with E-state index in [0.717, 1.165) is 6.42 Å². The summed E-state index contributed by atoms with van der Waals surface area (Å²) in [7, 11) is 0. The molecule has 0 nitrogen and oxygen atoms in total. The Morgan fingerprint density at radius 3 is 1.74 bits per heavy atom. The van der Waals surface area contributed by atoms with Crippen LogP contribution in [0, 0.1) is 0 Å². The second kappa shape index (κ2) is 7.04. The van der Waals surface area contributed by atoms with Crippen LogP contribution < -0.4 is 0 Å². The molecular formula is C35H22. The fourth-order valence-electron chi connectivity index (χ4n) is 6.33. The van der Waals surface area contributed by atoms with Crippen LogP contribution in [-0.2, 0) is 6.42 Å². The van der Waals surface area contributed by atoms with Crippen molar-refractivity contribution in [3.8, 4) is 22.3 Å². The average molecular weight is 443 g/mol. The van der Waals surface area contributed by atoms with Gasteiger partial charge in [0.15, 0.2) is 0 Å². The Hall–Kier alpha value is -4.42. The highest BCUT2D eigenvalue weighted by Crippen LogP contribution is 2.46. The van der Waals surface area contributed by atoms with Gasteiger partial charge in [-0.15, -0.1) is 0 Å². The molecule has 162 valence electrons. The van der Waals surface area contributed by atoms with Crippen molar-refractivity contribution in [1.82, 2.24) is 0 Å². The highest BCUT2D eigenvalue weighted by Gasteiger charge is 2.23. The quantitative estimate of drug-likeness (QED) is 0.222. The Kier molecular flexibility index (Phi) is 3.81. The third-order valence-corrected chi connectivity index (χ3v) is 7.88. The smallest absolute Gasteiger partial charge is 0.000705 e. The van der Waals surface area contributed by atoms with Crippen molar-refractivity contribution < 1.29 is 0 Å². The molecule has 0 radical (unpaired) electrons. The molecular weight excluding hydrogens is 420 g/mol. The molecule has 35 heavy (non-hydrogen) atoms. The molecule has 1 aliphatic carbocycles. The van der Waals surface area contributed by atoms with E-state index in [1.807, 2.05) is 0 Å². The van der Waals surface area contributed by atoms with Crippen molar-refractivity contribution in [2.75, 3.05) is 0 Å². The molecule has 0 aromatic heterocycles. The van der Waals surface area contributed by atoms with Crippen molar-refractivity contribution in [2.45, 2.75) is 6.42 Å². The second-order valence-corrected chi connectivity index (χ2v) is 9.68. The fourth-order valence-corrected chi connectivity index (χ4v) is 6.33. The molecule has 0 spiro atoms. The largest absolute Gasteiger partial charge is 0.0616 e. The van der Waals surface area contributed by atoms with E-state index in [-0.39, 0.29) is 0 Å². The summed E-state index contributed by atoms with van der Waals surface area (Å²) in [6.45, 7) is 0. The second-order valence-electron chi connectivity index (χ2n) is 9.68. The lowest BCUT2D eigenvalue weighted by Gasteiger charge is -2.14. The van der Waals surface area contributed by atoms with Gasteiger partial charge in [-0.3, -0.25) is 0 Å². The molecule has 0 atom stereocenters. The number of fused-ring (bicyclic) bond motifs is 11. The van der Waals surface area contributed by atoms with Gasteiger partial charge in [0.05, 0.1) is 0 Å². The van der Waals surface area contributed by atoms with Crippen LogP contribution in [0.4, 0.5) is 0 Å². The SMILES string of the molecule is c1cc(-c2ccc3c4ccccc4c4ccccc4c3c2)c2c(c1)-c1c(ccc3ccccc13)C2. The summed E-state index contributed by atoms with van der Waals surface area (Å²) in [6.07, 6.45) is 0.988. The molecule has 0 fully saturated rings. The normalized spacial score (nSPS) is 12.5. The Bertz CT molecular complexity index is 1940. The summed E-state index contributed by atoms with van der Waals surface area (Å²) in [5.41, 5.74) is 8.33. The topological polar surface area (TPSA) is 0 Å². The average Bonchev–Trinajstić information content (AvgIpc) is 3.32. The molecule has 0 heteroatoms. The summed E-state index contributed by atoms with van der Waals surface area (Å²) in [6, 6.07) is 44.9. The third-order valence-electron chi connectivity index (χ3n) is 7.88. The molecule has 0 heterocycles. The third kappa shape index (κ3) is 2.63. The van der Waals surface area contributed by atoms with Gasteiger partial charge in [-0.1, -0.05) is 115 Å². The van der Waals surface area contributed by atoms with Gasteiger partial charge in [-0.05, 0) is 89.0 Å². The van der Waals surface area contributed by atoms with Gasteiger partial charge >= 0.3 is 0 Å². The van der Waals surface area contributed by atoms with E-state index in [1.54, 1.807) is 0 Å². The summed E-state index contributed by atoms with van der Waals surface area (Å²) >= 11 is 0. The van der Waals surface area contributed by atoms with Crippen molar-refractivity contribution in [3.05, 3.63) is 132 Å². The zero-order valence-corrected chi connectivity index (χ0v) is 19.3. The van der Waals surface area contributed by atoms with Crippen molar-refractivity contribution >= 4 is 43.1 Å². The maximum atomic E-state index is 2.42. The van der Waals surface area contributed by atoms with Crippen LogP contribution >= 0.6 is 0 Å². The van der Waals surface area contributed by atoms with Gasteiger partial charge in [0.1, 0.15) is 0 Å². The standard InChI is InChI=1S/C35H22/c1-2-9-26-22(8-1)16-17-24-21-33-25(14-7-15-32(33)35(24)26)23-18-19-31-29-12-4-3-10-27(29)28-11-5-6-13-30(28)34(31)20-23/h1-20H,21H2. The summed E-state index contributed by atoms with van der Waals surface area (Å²) in [4.78, 5) is 0. The first-order chi connectivity index (χ1) is 17.4. The summed E-state index contributed by atoms with van der Waals surface area (Å²) < 4.78 is 0. The van der Waals surface area contributed by atoms with E-state index >= 15 is 0 Å². The highest BCUT2D eigenvalue weighted by atomic mass is 14.3. The predicted octanol–water partition coefficient (Wildman–Crippen LogP) is 9.54. The maximum Gasteiger partial charge on any atom is -0.000705 e. The minimum absolute atomic E-state index is 0.988. The first-order valence-electron chi connectivity index (χ1n) is 12.3. The van der Waals surface area contributed by atoms with Gasteiger partial charge in [0, 0.05) is 0 Å². The first kappa shape index (κ1) is 18.9. The van der Waals surface area contributed by atoms with Crippen molar-refractivity contribution in [1.29, 1.82) is 0 Å². The first-order valence-corrected chi connectivity index (χ1v) is 12.3. The van der Waals surface area contributed by atoms with E-state index in [0.29, 0.717) is 0 Å². The van der Waals surface area contributed by atoms with E-state index in [4.69, 9.17) is 0 Å². The Balaban J connectivity index is 1.41. The van der Waals surface area contributed by atoms with E-state index in [9.17, 15) is 0 Å². The summed E-state index contributed by atoms with van der Waals surface area (Å²) in [5, 5.41) is 10.6. The molecule has 0 amide bonds. The Morgan fingerprint density at radius 2 is 1.00 bits per heavy atom. The van der Waals surface area contributed by atoms with Gasteiger partial charge in [0.25, 0.3) is 0 Å². The Labute approximate surface area is 204 Å². The predicted molar refractivity (Wildman–Crippen MR) is 150 cm³/mol. The zero-order valence-electron chi connectivity index (χ0n) is 19.3. The highest BCUT2D eigenvalue weighted by molar-refractivity contribution is 6.25. The molecule has 0 saturated heterocycles. The molecule has 0 aliphatic heterocycles. The number of benzene rings is 7. The Morgan fingerprint density at radius 1 is 0.400 bits per heavy atom. The molecule has 0 N–H and O–H groups in total. The monoisotopic (exact) mass is 442 g/mol. The molecule has 8 rings (SSSR count). The van der Waals surface area contributed by atoms with Crippen molar-refractivity contribution in [2.24, 2.45) is 0 Å². The van der Waals surface area contributed by atoms with Crippen LogP contribution in [-0.4, -0.2) is 0 Å². The van der Waals surface area contributed by atoms with Gasteiger partial charge in [-0.2, -0.15) is 0 Å². The van der Waals surface area contributed by atoms with Gasteiger partial charge in [-0.25, -0.2) is 0 Å².